The number of rotatable bonds is 7. The molecule has 0 radical (unpaired) electrons. The number of amides is 1. The van der Waals surface area contributed by atoms with Crippen LogP contribution in [0.1, 0.15) is 34.1 Å². The normalized spacial score (nSPS) is 17.5. The fourth-order valence-corrected chi connectivity index (χ4v) is 4.21. The van der Waals surface area contributed by atoms with Crippen molar-refractivity contribution in [3.8, 4) is 5.75 Å². The zero-order chi connectivity index (χ0) is 20.2. The molecule has 1 amide bonds. The lowest BCUT2D eigenvalue weighted by molar-refractivity contribution is 0.0702. The number of carbonyl (C=O) groups is 1. The molecular weight excluding hydrogens is 392 g/mol. The van der Waals surface area contributed by atoms with Crippen LogP contribution in [0.4, 0.5) is 0 Å². The average molecular weight is 417 g/mol. The van der Waals surface area contributed by atoms with E-state index >= 15 is 0 Å². The van der Waals surface area contributed by atoms with Crippen molar-refractivity contribution in [1.29, 1.82) is 0 Å². The van der Waals surface area contributed by atoms with E-state index in [-0.39, 0.29) is 24.3 Å². The number of nitrogens with zero attached hydrogens (tertiary/aromatic N) is 3. The van der Waals surface area contributed by atoms with Gasteiger partial charge in [0.25, 0.3) is 5.91 Å². The van der Waals surface area contributed by atoms with E-state index in [1.807, 2.05) is 25.1 Å². The summed E-state index contributed by atoms with van der Waals surface area (Å²) in [5, 5.41) is 17.4. The largest absolute Gasteiger partial charge is 0.485 e. The van der Waals surface area contributed by atoms with Crippen LogP contribution in [0, 0.1) is 6.92 Å². The van der Waals surface area contributed by atoms with E-state index in [9.17, 15) is 9.90 Å². The molecular formula is C20H24N4O4S. The molecule has 4 rings (SSSR count). The maximum atomic E-state index is 12.2. The Hall–Kier alpha value is -2.49. The molecule has 1 aromatic carbocycles. The Morgan fingerprint density at radius 3 is 3.21 bits per heavy atom. The number of carbonyl (C=O) groups excluding carboxylic acids is 1. The van der Waals surface area contributed by atoms with E-state index in [1.54, 1.807) is 17.4 Å². The van der Waals surface area contributed by atoms with Crippen LogP contribution in [-0.4, -0.2) is 58.3 Å². The summed E-state index contributed by atoms with van der Waals surface area (Å²) in [6, 6.07) is 7.35. The third kappa shape index (κ3) is 5.11. The van der Waals surface area contributed by atoms with Crippen molar-refractivity contribution < 1.29 is 19.2 Å². The minimum Gasteiger partial charge on any atom is -0.485 e. The third-order valence-corrected chi connectivity index (χ3v) is 5.78. The van der Waals surface area contributed by atoms with Crippen molar-refractivity contribution in [3.05, 3.63) is 40.7 Å². The zero-order valence-electron chi connectivity index (χ0n) is 16.3. The molecule has 1 unspecified atom stereocenters. The van der Waals surface area contributed by atoms with E-state index in [2.05, 4.69) is 20.4 Å². The first kappa shape index (κ1) is 19.8. The Kier molecular flexibility index (Phi) is 6.08. The van der Waals surface area contributed by atoms with Gasteiger partial charge in [-0.05, 0) is 38.4 Å². The topological polar surface area (TPSA) is 101 Å². The number of fused-ring (bicyclic) bond motifs is 1. The van der Waals surface area contributed by atoms with Crippen LogP contribution in [0.2, 0.25) is 0 Å². The molecule has 1 saturated heterocycles. The molecule has 0 aliphatic carbocycles. The maximum Gasteiger partial charge on any atom is 0.273 e. The first-order valence-corrected chi connectivity index (χ1v) is 10.5. The highest BCUT2D eigenvalue weighted by Crippen LogP contribution is 2.26. The van der Waals surface area contributed by atoms with Crippen molar-refractivity contribution in [2.45, 2.75) is 32.5 Å². The van der Waals surface area contributed by atoms with Crippen LogP contribution in [0.15, 0.2) is 28.8 Å². The first-order valence-electron chi connectivity index (χ1n) is 9.71. The summed E-state index contributed by atoms with van der Waals surface area (Å²) >= 11 is 1.64. The first-order chi connectivity index (χ1) is 14.1. The van der Waals surface area contributed by atoms with Gasteiger partial charge < -0.3 is 19.7 Å². The SMILES string of the molecule is Cc1nc2cc(OCc3cc(C(=O)NCCN4CCCC(O)C4)no3)ccc2s1. The van der Waals surface area contributed by atoms with Gasteiger partial charge in [0.1, 0.15) is 12.4 Å². The number of piperidine rings is 1. The lowest BCUT2D eigenvalue weighted by Crippen LogP contribution is -2.42. The molecule has 1 fully saturated rings. The predicted octanol–water partition coefficient (Wildman–Crippen LogP) is 2.36. The second-order valence-corrected chi connectivity index (χ2v) is 8.42. The zero-order valence-corrected chi connectivity index (χ0v) is 17.1. The smallest absolute Gasteiger partial charge is 0.273 e. The highest BCUT2D eigenvalue weighted by atomic mass is 32.1. The van der Waals surface area contributed by atoms with Gasteiger partial charge in [0, 0.05) is 31.8 Å². The number of aromatic nitrogens is 2. The summed E-state index contributed by atoms with van der Waals surface area (Å²) < 4.78 is 12.1. The monoisotopic (exact) mass is 416 g/mol. The van der Waals surface area contributed by atoms with Crippen molar-refractivity contribution in [1.82, 2.24) is 20.4 Å². The minimum absolute atomic E-state index is 0.181. The molecule has 2 N–H and O–H groups in total. The van der Waals surface area contributed by atoms with E-state index in [0.29, 0.717) is 31.1 Å². The standard InChI is InChI=1S/C20H24N4O4S/c1-13-22-17-9-15(4-5-19(17)29-13)27-12-16-10-18(23-28-16)20(26)21-6-8-24-7-2-3-14(25)11-24/h4-5,9-10,14,25H,2-3,6-8,11-12H2,1H3,(H,21,26). The number of thiazole rings is 1. The van der Waals surface area contributed by atoms with Crippen LogP contribution in [0.5, 0.6) is 5.75 Å². The van der Waals surface area contributed by atoms with Gasteiger partial charge in [0.15, 0.2) is 11.5 Å². The molecule has 1 atom stereocenters. The van der Waals surface area contributed by atoms with Crippen LogP contribution >= 0.6 is 11.3 Å². The molecule has 8 nitrogen and oxygen atoms in total. The molecule has 3 heterocycles. The number of likely N-dealkylation sites (tertiary alicyclic amines) is 1. The Labute approximate surface area is 172 Å². The summed E-state index contributed by atoms with van der Waals surface area (Å²) in [7, 11) is 0. The minimum atomic E-state index is -0.281. The number of aliphatic hydroxyl groups excluding tert-OH is 1. The number of hydrogen-bond donors (Lipinski definition) is 2. The summed E-state index contributed by atoms with van der Waals surface area (Å²) in [6.45, 7) is 4.97. The van der Waals surface area contributed by atoms with Gasteiger partial charge in [0.05, 0.1) is 21.3 Å². The lowest BCUT2D eigenvalue weighted by atomic mass is 10.1. The highest BCUT2D eigenvalue weighted by Gasteiger charge is 2.18. The Bertz CT molecular complexity index is 986. The van der Waals surface area contributed by atoms with Gasteiger partial charge >= 0.3 is 0 Å². The van der Waals surface area contributed by atoms with Gasteiger partial charge in [-0.25, -0.2) is 4.98 Å². The summed E-state index contributed by atoms with van der Waals surface area (Å²) in [5.74, 6) is 0.884. The number of hydrogen-bond acceptors (Lipinski definition) is 8. The van der Waals surface area contributed by atoms with Crippen molar-refractivity contribution in [2.75, 3.05) is 26.2 Å². The second-order valence-electron chi connectivity index (χ2n) is 7.18. The molecule has 29 heavy (non-hydrogen) atoms. The maximum absolute atomic E-state index is 12.2. The molecule has 2 aromatic heterocycles. The van der Waals surface area contributed by atoms with Crippen LogP contribution < -0.4 is 10.1 Å². The Morgan fingerprint density at radius 2 is 2.34 bits per heavy atom. The molecule has 154 valence electrons. The Morgan fingerprint density at radius 1 is 1.45 bits per heavy atom. The average Bonchev–Trinajstić information content (AvgIpc) is 3.31. The quantitative estimate of drug-likeness (QED) is 0.610. The fraction of sp³-hybridized carbons (Fsp3) is 0.450. The molecule has 0 bridgehead atoms. The van der Waals surface area contributed by atoms with Crippen molar-refractivity contribution in [2.24, 2.45) is 0 Å². The number of nitrogens with one attached hydrogen (secondary N) is 1. The van der Waals surface area contributed by atoms with Gasteiger partial charge in [-0.15, -0.1) is 11.3 Å². The number of benzene rings is 1. The molecule has 0 saturated carbocycles. The van der Waals surface area contributed by atoms with Crippen molar-refractivity contribution in [3.63, 3.8) is 0 Å². The van der Waals surface area contributed by atoms with Crippen LogP contribution in [0.3, 0.4) is 0 Å². The Balaban J connectivity index is 1.25. The second kappa shape index (κ2) is 8.89. The fourth-order valence-electron chi connectivity index (χ4n) is 3.41. The van der Waals surface area contributed by atoms with Crippen LogP contribution in [0.25, 0.3) is 10.2 Å². The third-order valence-electron chi connectivity index (χ3n) is 4.83. The molecule has 1 aliphatic heterocycles. The summed E-state index contributed by atoms with van der Waals surface area (Å²) in [4.78, 5) is 18.8. The molecule has 1 aliphatic rings. The van der Waals surface area contributed by atoms with E-state index < -0.39 is 0 Å². The molecule has 9 heteroatoms. The van der Waals surface area contributed by atoms with Gasteiger partial charge in [-0.1, -0.05) is 5.16 Å². The van der Waals surface area contributed by atoms with E-state index in [1.165, 1.54) is 0 Å². The van der Waals surface area contributed by atoms with Gasteiger partial charge in [-0.2, -0.15) is 0 Å². The van der Waals surface area contributed by atoms with Gasteiger partial charge in [-0.3, -0.25) is 9.69 Å². The van der Waals surface area contributed by atoms with Gasteiger partial charge in [0.2, 0.25) is 0 Å². The number of β-amino-alcohol motifs (C(OH)–C–C–N with tert-alkyl or cyclic N) is 1. The predicted molar refractivity (Wildman–Crippen MR) is 109 cm³/mol. The summed E-state index contributed by atoms with van der Waals surface area (Å²) in [5.41, 5.74) is 1.14. The number of aryl methyl sites for hydroxylation is 1. The number of aliphatic hydroxyl groups is 1. The van der Waals surface area contributed by atoms with E-state index in [4.69, 9.17) is 9.26 Å². The summed E-state index contributed by atoms with van der Waals surface area (Å²) in [6.07, 6.45) is 1.57. The van der Waals surface area contributed by atoms with Crippen LogP contribution in [-0.2, 0) is 6.61 Å². The molecule has 0 spiro atoms. The van der Waals surface area contributed by atoms with Crippen molar-refractivity contribution >= 4 is 27.5 Å². The lowest BCUT2D eigenvalue weighted by Gasteiger charge is -2.29. The highest BCUT2D eigenvalue weighted by molar-refractivity contribution is 7.18. The molecule has 3 aromatic rings. The van der Waals surface area contributed by atoms with E-state index in [0.717, 1.165) is 34.6 Å². The number of ether oxygens (including phenoxy) is 1.